The van der Waals surface area contributed by atoms with Gasteiger partial charge in [-0.15, -0.1) is 0 Å². The highest BCUT2D eigenvalue weighted by molar-refractivity contribution is 7.99. The molecular formula is C18H14N8S2. The molecule has 0 aliphatic carbocycles. The van der Waals surface area contributed by atoms with Crippen LogP contribution in [0.3, 0.4) is 0 Å². The quantitative estimate of drug-likeness (QED) is 0.452. The molecule has 5 rings (SSSR count). The van der Waals surface area contributed by atoms with Gasteiger partial charge in [-0.3, -0.25) is 9.50 Å². The Balaban J connectivity index is 1.63. The van der Waals surface area contributed by atoms with Crippen molar-refractivity contribution < 1.29 is 0 Å². The molecule has 0 bridgehead atoms. The van der Waals surface area contributed by atoms with Crippen LogP contribution in [0.25, 0.3) is 16.9 Å². The summed E-state index contributed by atoms with van der Waals surface area (Å²) >= 11 is 2.89. The molecule has 5 aromatic heterocycles. The van der Waals surface area contributed by atoms with Crippen LogP contribution < -0.4 is 5.32 Å². The molecule has 5 aromatic rings. The molecule has 5 heterocycles. The fourth-order valence-corrected chi connectivity index (χ4v) is 4.19. The lowest BCUT2D eigenvalue weighted by atomic mass is 10.3. The summed E-state index contributed by atoms with van der Waals surface area (Å²) in [6.07, 6.45) is 9.17. The topological polar surface area (TPSA) is 96.7 Å². The molecule has 2 N–H and O–H groups in total. The number of aromatic amines is 1. The number of pyridine rings is 1. The minimum Gasteiger partial charge on any atom is -0.328 e. The number of hydrogen-bond acceptors (Lipinski definition) is 8. The molecule has 0 atom stereocenters. The van der Waals surface area contributed by atoms with Gasteiger partial charge in [-0.25, -0.2) is 15.0 Å². The van der Waals surface area contributed by atoms with Crippen LogP contribution in [0.2, 0.25) is 0 Å². The van der Waals surface area contributed by atoms with E-state index < -0.39 is 0 Å². The van der Waals surface area contributed by atoms with Crippen molar-refractivity contribution in [3.8, 4) is 11.3 Å². The third-order valence-electron chi connectivity index (χ3n) is 3.98. The molecule has 0 saturated carbocycles. The Morgan fingerprint density at radius 3 is 2.89 bits per heavy atom. The Labute approximate surface area is 168 Å². The monoisotopic (exact) mass is 406 g/mol. The smallest absolute Gasteiger partial charge is 0.181 e. The average molecular weight is 407 g/mol. The maximum absolute atomic E-state index is 4.78. The molecule has 0 fully saturated rings. The van der Waals surface area contributed by atoms with Gasteiger partial charge in [0.1, 0.15) is 15.1 Å². The van der Waals surface area contributed by atoms with Gasteiger partial charge >= 0.3 is 0 Å². The van der Waals surface area contributed by atoms with Crippen molar-refractivity contribution in [2.75, 3.05) is 5.32 Å². The molecule has 8 nitrogen and oxygen atoms in total. The number of aromatic nitrogens is 7. The first kappa shape index (κ1) is 16.9. The first-order valence-electron chi connectivity index (χ1n) is 8.43. The lowest BCUT2D eigenvalue weighted by Crippen LogP contribution is -2.00. The molecule has 0 aliphatic rings. The van der Waals surface area contributed by atoms with E-state index in [1.54, 1.807) is 12.4 Å². The largest absolute Gasteiger partial charge is 0.328 e. The summed E-state index contributed by atoms with van der Waals surface area (Å²) in [5.74, 6) is 0.666. The highest BCUT2D eigenvalue weighted by atomic mass is 32.2. The van der Waals surface area contributed by atoms with Crippen molar-refractivity contribution in [2.24, 2.45) is 0 Å². The maximum Gasteiger partial charge on any atom is 0.181 e. The van der Waals surface area contributed by atoms with Crippen molar-refractivity contribution in [1.82, 2.24) is 33.9 Å². The normalized spacial score (nSPS) is 11.2. The summed E-state index contributed by atoms with van der Waals surface area (Å²) in [5.41, 5.74) is 3.57. The van der Waals surface area contributed by atoms with Gasteiger partial charge < -0.3 is 5.32 Å². The van der Waals surface area contributed by atoms with E-state index in [1.807, 2.05) is 54.2 Å². The predicted molar refractivity (Wildman–Crippen MR) is 109 cm³/mol. The fraction of sp³-hybridized carbons (Fsp3) is 0.0556. The Morgan fingerprint density at radius 2 is 2.14 bits per heavy atom. The Kier molecular flexibility index (Phi) is 4.26. The minimum atomic E-state index is 0.666. The van der Waals surface area contributed by atoms with Gasteiger partial charge in [0.05, 0.1) is 23.8 Å². The third-order valence-corrected chi connectivity index (χ3v) is 5.63. The van der Waals surface area contributed by atoms with Crippen LogP contribution in [0.1, 0.15) is 5.69 Å². The van der Waals surface area contributed by atoms with E-state index in [0.717, 1.165) is 37.7 Å². The Bertz CT molecular complexity index is 1230. The summed E-state index contributed by atoms with van der Waals surface area (Å²) < 4.78 is 6.34. The second-order valence-corrected chi connectivity index (χ2v) is 7.83. The minimum absolute atomic E-state index is 0.666. The van der Waals surface area contributed by atoms with Crippen LogP contribution in [0.5, 0.6) is 0 Å². The summed E-state index contributed by atoms with van der Waals surface area (Å²) in [6, 6.07) is 7.80. The summed E-state index contributed by atoms with van der Waals surface area (Å²) in [7, 11) is 0. The molecule has 28 heavy (non-hydrogen) atoms. The van der Waals surface area contributed by atoms with Crippen molar-refractivity contribution in [3.05, 3.63) is 60.9 Å². The molecule has 0 unspecified atom stereocenters. The molecule has 0 spiro atoms. The molecule has 0 aromatic carbocycles. The number of fused-ring (bicyclic) bond motifs is 1. The SMILES string of the molecule is Cc1cc(Nc2nc(Sc3ccccn3)cn3c(-c4cn[nH]c4)cnc23)sn1. The van der Waals surface area contributed by atoms with Gasteiger partial charge in [-0.05, 0) is 48.4 Å². The average Bonchev–Trinajstić information content (AvgIpc) is 3.43. The number of H-pyrrole nitrogens is 1. The zero-order chi connectivity index (χ0) is 18.9. The van der Waals surface area contributed by atoms with Crippen molar-refractivity contribution in [2.45, 2.75) is 17.0 Å². The van der Waals surface area contributed by atoms with Gasteiger partial charge in [0.15, 0.2) is 11.5 Å². The first-order chi connectivity index (χ1) is 13.8. The molecular weight excluding hydrogens is 392 g/mol. The molecule has 0 amide bonds. The standard InChI is InChI=1S/C18H14N8S2/c1-11-6-15(28-25-11)23-17-18-20-9-13(12-7-21-22-8-12)26(18)10-16(24-17)27-14-4-2-3-5-19-14/h2-10H,1H3,(H,21,22)(H,23,24). The zero-order valence-corrected chi connectivity index (χ0v) is 16.3. The van der Waals surface area contributed by atoms with E-state index in [1.165, 1.54) is 23.3 Å². The molecule has 0 aliphatic heterocycles. The Hall–Kier alpha value is -3.24. The summed E-state index contributed by atoms with van der Waals surface area (Å²) in [4.78, 5) is 13.7. The lowest BCUT2D eigenvalue weighted by Gasteiger charge is -2.09. The van der Waals surface area contributed by atoms with Crippen LogP contribution in [0.15, 0.2) is 65.3 Å². The highest BCUT2D eigenvalue weighted by Crippen LogP contribution is 2.31. The van der Waals surface area contributed by atoms with Gasteiger partial charge in [0.2, 0.25) is 0 Å². The van der Waals surface area contributed by atoms with E-state index in [0.29, 0.717) is 5.82 Å². The molecule has 138 valence electrons. The summed E-state index contributed by atoms with van der Waals surface area (Å²) in [5, 5.41) is 12.8. The first-order valence-corrected chi connectivity index (χ1v) is 10.0. The van der Waals surface area contributed by atoms with Crippen molar-refractivity contribution in [3.63, 3.8) is 0 Å². The van der Waals surface area contributed by atoms with Gasteiger partial charge in [-0.1, -0.05) is 6.07 Å². The second-order valence-electron chi connectivity index (χ2n) is 5.98. The van der Waals surface area contributed by atoms with Crippen LogP contribution in [-0.4, -0.2) is 33.9 Å². The molecule has 0 saturated heterocycles. The van der Waals surface area contributed by atoms with E-state index in [2.05, 4.69) is 29.9 Å². The van der Waals surface area contributed by atoms with Crippen molar-refractivity contribution >= 4 is 39.8 Å². The van der Waals surface area contributed by atoms with Gasteiger partial charge in [0.25, 0.3) is 0 Å². The van der Waals surface area contributed by atoms with E-state index in [4.69, 9.17) is 4.98 Å². The number of hydrogen-bond donors (Lipinski definition) is 2. The van der Waals surface area contributed by atoms with E-state index in [9.17, 15) is 0 Å². The maximum atomic E-state index is 4.78. The molecule has 10 heteroatoms. The van der Waals surface area contributed by atoms with E-state index in [-0.39, 0.29) is 0 Å². The van der Waals surface area contributed by atoms with E-state index >= 15 is 0 Å². The zero-order valence-electron chi connectivity index (χ0n) is 14.7. The Morgan fingerprint density at radius 1 is 1.18 bits per heavy atom. The lowest BCUT2D eigenvalue weighted by molar-refractivity contribution is 1.02. The van der Waals surface area contributed by atoms with Gasteiger partial charge in [-0.2, -0.15) is 9.47 Å². The number of nitrogens with zero attached hydrogens (tertiary/aromatic N) is 6. The number of rotatable bonds is 5. The van der Waals surface area contributed by atoms with Crippen LogP contribution in [-0.2, 0) is 0 Å². The third kappa shape index (κ3) is 3.23. The van der Waals surface area contributed by atoms with Gasteiger partial charge in [0, 0.05) is 24.2 Å². The number of aryl methyl sites for hydroxylation is 1. The van der Waals surface area contributed by atoms with Crippen LogP contribution >= 0.6 is 23.3 Å². The second kappa shape index (κ2) is 7.06. The number of nitrogens with one attached hydrogen (secondary N) is 2. The predicted octanol–water partition coefficient (Wildman–Crippen LogP) is 4.17. The summed E-state index contributed by atoms with van der Waals surface area (Å²) in [6.45, 7) is 1.96. The highest BCUT2D eigenvalue weighted by Gasteiger charge is 2.15. The number of anilines is 2. The number of imidazole rings is 1. The van der Waals surface area contributed by atoms with Crippen molar-refractivity contribution in [1.29, 1.82) is 0 Å². The van der Waals surface area contributed by atoms with Crippen LogP contribution in [0, 0.1) is 6.92 Å². The molecule has 0 radical (unpaired) electrons. The fourth-order valence-electron chi connectivity index (χ4n) is 2.76. The van der Waals surface area contributed by atoms with Crippen LogP contribution in [0.4, 0.5) is 10.8 Å².